The number of rotatable bonds is 5. The van der Waals surface area contributed by atoms with E-state index in [2.05, 4.69) is 14.4 Å². The molecular weight excluding hydrogens is 368 g/mol. The van der Waals surface area contributed by atoms with Crippen molar-refractivity contribution in [2.45, 2.75) is 4.90 Å². The molecule has 2 N–H and O–H groups in total. The molecule has 138 valence electrons. The van der Waals surface area contributed by atoms with Gasteiger partial charge in [0.1, 0.15) is 11.3 Å². The molecule has 1 aromatic heterocycles. The van der Waals surface area contributed by atoms with Gasteiger partial charge in [0.2, 0.25) is 0 Å². The SMILES string of the molecule is COC(=O)c1ccc(NS(=O)(=O)c2cccc(-c3cccnc3)c2)cc1O. The van der Waals surface area contributed by atoms with Crippen LogP contribution in [0.15, 0.2) is 71.9 Å². The van der Waals surface area contributed by atoms with Gasteiger partial charge >= 0.3 is 5.97 Å². The number of carbonyl (C=O) groups excluding carboxylic acids is 1. The molecule has 2 aromatic carbocycles. The number of anilines is 1. The van der Waals surface area contributed by atoms with E-state index in [9.17, 15) is 18.3 Å². The molecule has 7 nitrogen and oxygen atoms in total. The number of esters is 1. The van der Waals surface area contributed by atoms with Gasteiger partial charge in [-0.15, -0.1) is 0 Å². The molecule has 0 aliphatic rings. The molecule has 0 saturated heterocycles. The highest BCUT2D eigenvalue weighted by molar-refractivity contribution is 7.92. The number of phenols is 1. The van der Waals surface area contributed by atoms with Crippen molar-refractivity contribution in [3.05, 3.63) is 72.6 Å². The van der Waals surface area contributed by atoms with Crippen LogP contribution >= 0.6 is 0 Å². The van der Waals surface area contributed by atoms with Gasteiger partial charge in [-0.2, -0.15) is 0 Å². The Hall–Kier alpha value is -3.39. The number of aromatic nitrogens is 1. The second-order valence-electron chi connectivity index (χ2n) is 5.60. The summed E-state index contributed by atoms with van der Waals surface area (Å²) < 4.78 is 32.3. The Morgan fingerprint density at radius 1 is 1.07 bits per heavy atom. The number of hydrogen-bond donors (Lipinski definition) is 2. The lowest BCUT2D eigenvalue weighted by molar-refractivity contribution is 0.0597. The maximum absolute atomic E-state index is 12.7. The number of pyridine rings is 1. The lowest BCUT2D eigenvalue weighted by atomic mass is 10.1. The zero-order chi connectivity index (χ0) is 19.4. The van der Waals surface area contributed by atoms with Crippen molar-refractivity contribution in [3.8, 4) is 16.9 Å². The zero-order valence-corrected chi connectivity index (χ0v) is 15.1. The highest BCUT2D eigenvalue weighted by Crippen LogP contribution is 2.26. The van der Waals surface area contributed by atoms with E-state index in [1.165, 1.54) is 31.4 Å². The molecule has 3 aromatic rings. The number of carbonyl (C=O) groups is 1. The van der Waals surface area contributed by atoms with Crippen LogP contribution < -0.4 is 4.72 Å². The minimum absolute atomic E-state index is 0.0559. The van der Waals surface area contributed by atoms with Crippen LogP contribution in [-0.4, -0.2) is 31.6 Å². The van der Waals surface area contributed by atoms with Crippen LogP contribution in [-0.2, 0) is 14.8 Å². The maximum Gasteiger partial charge on any atom is 0.341 e. The predicted molar refractivity (Wildman–Crippen MR) is 99.9 cm³/mol. The molecule has 0 spiro atoms. The molecular formula is C19H16N2O5S. The summed E-state index contributed by atoms with van der Waals surface area (Å²) in [4.78, 5) is 15.6. The van der Waals surface area contributed by atoms with Gasteiger partial charge in [0.15, 0.2) is 0 Å². The first-order chi connectivity index (χ1) is 12.9. The van der Waals surface area contributed by atoms with E-state index in [0.717, 1.165) is 11.6 Å². The quantitative estimate of drug-likeness (QED) is 0.655. The van der Waals surface area contributed by atoms with Gasteiger partial charge in [0.05, 0.1) is 17.7 Å². The third-order valence-electron chi connectivity index (χ3n) is 3.79. The number of sulfonamides is 1. The highest BCUT2D eigenvalue weighted by Gasteiger charge is 2.17. The molecule has 27 heavy (non-hydrogen) atoms. The van der Waals surface area contributed by atoms with Crippen LogP contribution in [0.4, 0.5) is 5.69 Å². The maximum atomic E-state index is 12.7. The van der Waals surface area contributed by atoms with E-state index in [0.29, 0.717) is 5.56 Å². The van der Waals surface area contributed by atoms with Gasteiger partial charge < -0.3 is 9.84 Å². The lowest BCUT2D eigenvalue weighted by Gasteiger charge is -2.11. The Morgan fingerprint density at radius 2 is 1.85 bits per heavy atom. The van der Waals surface area contributed by atoms with Crippen LogP contribution in [0.2, 0.25) is 0 Å². The van der Waals surface area contributed by atoms with Crippen LogP contribution in [0.3, 0.4) is 0 Å². The fourth-order valence-corrected chi connectivity index (χ4v) is 3.56. The number of benzene rings is 2. The summed E-state index contributed by atoms with van der Waals surface area (Å²) in [7, 11) is -2.71. The number of nitrogens with zero attached hydrogens (tertiary/aromatic N) is 1. The Balaban J connectivity index is 1.89. The van der Waals surface area contributed by atoms with Crippen molar-refractivity contribution < 1.29 is 23.1 Å². The first-order valence-electron chi connectivity index (χ1n) is 7.85. The molecule has 0 aliphatic heterocycles. The van der Waals surface area contributed by atoms with E-state index in [4.69, 9.17) is 0 Å². The Kier molecular flexibility index (Phi) is 5.09. The second kappa shape index (κ2) is 7.46. The fraction of sp³-hybridized carbons (Fsp3) is 0.0526. The number of aromatic hydroxyl groups is 1. The molecule has 0 atom stereocenters. The number of hydrogen-bond acceptors (Lipinski definition) is 6. The van der Waals surface area contributed by atoms with Gasteiger partial charge in [-0.05, 0) is 35.9 Å². The highest BCUT2D eigenvalue weighted by atomic mass is 32.2. The summed E-state index contributed by atoms with van der Waals surface area (Å²) in [5.74, 6) is -1.10. The average Bonchev–Trinajstić information content (AvgIpc) is 2.68. The summed E-state index contributed by atoms with van der Waals surface area (Å²) in [5.41, 5.74) is 1.55. The Morgan fingerprint density at radius 3 is 2.52 bits per heavy atom. The molecule has 0 amide bonds. The van der Waals surface area contributed by atoms with Crippen molar-refractivity contribution in [3.63, 3.8) is 0 Å². The summed E-state index contributed by atoms with van der Waals surface area (Å²) in [6.07, 6.45) is 3.28. The van der Waals surface area contributed by atoms with Crippen LogP contribution in [0.5, 0.6) is 5.75 Å². The van der Waals surface area contributed by atoms with Gasteiger partial charge in [-0.1, -0.05) is 18.2 Å². The topological polar surface area (TPSA) is 106 Å². The van der Waals surface area contributed by atoms with Crippen LogP contribution in [0, 0.1) is 0 Å². The standard InChI is InChI=1S/C19H16N2O5S/c1-26-19(23)17-8-7-15(11-18(17)22)21-27(24,25)16-6-2-4-13(10-16)14-5-3-9-20-12-14/h2-12,21-22H,1H3. The molecule has 0 saturated carbocycles. The third-order valence-corrected chi connectivity index (χ3v) is 5.17. The molecule has 0 aliphatic carbocycles. The first-order valence-corrected chi connectivity index (χ1v) is 9.33. The smallest absolute Gasteiger partial charge is 0.341 e. The summed E-state index contributed by atoms with van der Waals surface area (Å²) in [6.45, 7) is 0. The van der Waals surface area contributed by atoms with Crippen molar-refractivity contribution in [1.29, 1.82) is 0 Å². The predicted octanol–water partition coefficient (Wildman–Crippen LogP) is 3.04. The molecule has 3 rings (SSSR count). The summed E-state index contributed by atoms with van der Waals surface area (Å²) in [5, 5.41) is 9.91. The van der Waals surface area contributed by atoms with Crippen molar-refractivity contribution in [1.82, 2.24) is 4.98 Å². The summed E-state index contributed by atoms with van der Waals surface area (Å²) in [6, 6.07) is 13.8. The van der Waals surface area contributed by atoms with E-state index in [1.807, 2.05) is 6.07 Å². The third kappa shape index (κ3) is 4.06. The largest absolute Gasteiger partial charge is 0.507 e. The van der Waals surface area contributed by atoms with Gasteiger partial charge in [-0.25, -0.2) is 13.2 Å². The van der Waals surface area contributed by atoms with E-state index in [-0.39, 0.29) is 21.9 Å². The molecule has 8 heteroatoms. The lowest BCUT2D eigenvalue weighted by Crippen LogP contribution is -2.13. The Labute approximate surface area is 156 Å². The molecule has 1 heterocycles. The molecule has 0 unspecified atom stereocenters. The first kappa shape index (κ1) is 18.4. The normalized spacial score (nSPS) is 11.0. The van der Waals surface area contributed by atoms with Crippen molar-refractivity contribution in [2.24, 2.45) is 0 Å². The Bertz CT molecular complexity index is 1080. The molecule has 0 fully saturated rings. The van der Waals surface area contributed by atoms with Crippen molar-refractivity contribution >= 4 is 21.7 Å². The molecule has 0 radical (unpaired) electrons. The van der Waals surface area contributed by atoms with Crippen LogP contribution in [0.1, 0.15) is 10.4 Å². The van der Waals surface area contributed by atoms with Gasteiger partial charge in [0, 0.05) is 24.0 Å². The minimum atomic E-state index is -3.90. The van der Waals surface area contributed by atoms with E-state index >= 15 is 0 Å². The fourth-order valence-electron chi connectivity index (χ4n) is 2.47. The van der Waals surface area contributed by atoms with Crippen molar-refractivity contribution in [2.75, 3.05) is 11.8 Å². The average molecular weight is 384 g/mol. The van der Waals surface area contributed by atoms with Gasteiger partial charge in [-0.3, -0.25) is 9.71 Å². The number of methoxy groups -OCH3 is 1. The minimum Gasteiger partial charge on any atom is -0.507 e. The zero-order valence-electron chi connectivity index (χ0n) is 14.3. The van der Waals surface area contributed by atoms with E-state index in [1.54, 1.807) is 30.6 Å². The monoisotopic (exact) mass is 384 g/mol. The number of phenolic OH excluding ortho intramolecular Hbond substituents is 1. The molecule has 0 bridgehead atoms. The van der Waals surface area contributed by atoms with E-state index < -0.39 is 16.0 Å². The number of nitrogens with one attached hydrogen (secondary N) is 1. The van der Waals surface area contributed by atoms with Crippen LogP contribution in [0.25, 0.3) is 11.1 Å². The summed E-state index contributed by atoms with van der Waals surface area (Å²) >= 11 is 0. The second-order valence-corrected chi connectivity index (χ2v) is 7.28. The number of ether oxygens (including phenoxy) is 1. The van der Waals surface area contributed by atoms with Gasteiger partial charge in [0.25, 0.3) is 10.0 Å².